The van der Waals surface area contributed by atoms with Crippen molar-refractivity contribution in [2.24, 2.45) is 7.05 Å². The van der Waals surface area contributed by atoms with Crippen molar-refractivity contribution in [1.29, 1.82) is 0 Å². The summed E-state index contributed by atoms with van der Waals surface area (Å²) in [6, 6.07) is 3.58. The van der Waals surface area contributed by atoms with Crippen LogP contribution in [0.25, 0.3) is 0 Å². The predicted molar refractivity (Wildman–Crippen MR) is 87.6 cm³/mol. The molecule has 1 amide bonds. The van der Waals surface area contributed by atoms with E-state index in [0.717, 1.165) is 11.8 Å². The zero-order valence-corrected chi connectivity index (χ0v) is 14.4. The average molecular weight is 354 g/mol. The molecule has 0 aliphatic heterocycles. The summed E-state index contributed by atoms with van der Waals surface area (Å²) in [7, 11) is 1.75. The summed E-state index contributed by atoms with van der Waals surface area (Å²) < 4.78 is 20.4. The number of aryl methyl sites for hydroxylation is 2. The molecule has 0 radical (unpaired) electrons. The Labute approximate surface area is 143 Å². The van der Waals surface area contributed by atoms with E-state index in [-0.39, 0.29) is 10.6 Å². The number of nitrogens with zero attached hydrogens (tertiary/aromatic N) is 2. The molecule has 128 valence electrons. The van der Waals surface area contributed by atoms with Gasteiger partial charge in [0.05, 0.1) is 22.6 Å². The first kappa shape index (κ1) is 17.9. The molecular formula is C16H17ClFN3O3. The number of amides is 1. The number of hydrogen-bond donors (Lipinski definition) is 1. The summed E-state index contributed by atoms with van der Waals surface area (Å²) in [5, 5.41) is 7.01. The third-order valence-electron chi connectivity index (χ3n) is 3.56. The number of carbonyl (C=O) groups excluding carboxylic acids is 2. The van der Waals surface area contributed by atoms with Gasteiger partial charge < -0.3 is 10.1 Å². The number of hydrogen-bond acceptors (Lipinski definition) is 4. The molecule has 2 rings (SSSR count). The van der Waals surface area contributed by atoms with Crippen molar-refractivity contribution in [2.45, 2.75) is 26.9 Å². The lowest BCUT2D eigenvalue weighted by molar-refractivity contribution is -0.123. The second-order valence-electron chi connectivity index (χ2n) is 5.33. The second-order valence-corrected chi connectivity index (χ2v) is 5.77. The highest BCUT2D eigenvalue weighted by molar-refractivity contribution is 6.30. The summed E-state index contributed by atoms with van der Waals surface area (Å²) in [6.45, 7) is 4.96. The topological polar surface area (TPSA) is 73.2 Å². The van der Waals surface area contributed by atoms with Gasteiger partial charge in [-0.3, -0.25) is 9.48 Å². The average Bonchev–Trinajstić information content (AvgIpc) is 2.73. The smallest absolute Gasteiger partial charge is 0.341 e. The molecule has 0 aliphatic rings. The summed E-state index contributed by atoms with van der Waals surface area (Å²) in [5.74, 6) is -2.28. The van der Waals surface area contributed by atoms with Crippen LogP contribution >= 0.6 is 11.6 Å². The Balaban J connectivity index is 2.07. The molecule has 24 heavy (non-hydrogen) atoms. The number of carbonyl (C=O) groups is 2. The van der Waals surface area contributed by atoms with Gasteiger partial charge in [0.2, 0.25) is 0 Å². The molecular weight excluding hydrogens is 337 g/mol. The molecule has 8 heteroatoms. The number of benzene rings is 1. The number of ether oxygens (including phenoxy) is 1. The Morgan fingerprint density at radius 1 is 1.38 bits per heavy atom. The van der Waals surface area contributed by atoms with E-state index in [9.17, 15) is 14.0 Å². The molecule has 1 N–H and O–H groups in total. The number of anilines is 1. The van der Waals surface area contributed by atoms with Crippen molar-refractivity contribution in [2.75, 3.05) is 5.32 Å². The van der Waals surface area contributed by atoms with E-state index in [1.54, 1.807) is 25.6 Å². The van der Waals surface area contributed by atoms with Crippen molar-refractivity contribution < 1.29 is 18.7 Å². The minimum atomic E-state index is -1.11. The monoisotopic (exact) mass is 353 g/mol. The summed E-state index contributed by atoms with van der Waals surface area (Å²) in [4.78, 5) is 24.2. The molecule has 0 saturated heterocycles. The zero-order chi connectivity index (χ0) is 18.0. The first-order chi connectivity index (χ1) is 11.2. The van der Waals surface area contributed by atoms with Crippen molar-refractivity contribution in [1.82, 2.24) is 9.78 Å². The Kier molecular flexibility index (Phi) is 5.23. The number of rotatable bonds is 4. The van der Waals surface area contributed by atoms with Gasteiger partial charge in [-0.05, 0) is 39.0 Å². The molecule has 0 aliphatic carbocycles. The number of esters is 1. The van der Waals surface area contributed by atoms with Gasteiger partial charge in [-0.2, -0.15) is 5.10 Å². The van der Waals surface area contributed by atoms with Gasteiger partial charge in [0.15, 0.2) is 6.10 Å². The lowest BCUT2D eigenvalue weighted by atomic mass is 10.2. The lowest BCUT2D eigenvalue weighted by Crippen LogP contribution is -2.30. The summed E-state index contributed by atoms with van der Waals surface area (Å²) in [5.41, 5.74) is 1.68. The molecule has 6 nitrogen and oxygen atoms in total. The number of nitrogens with one attached hydrogen (secondary N) is 1. The van der Waals surface area contributed by atoms with E-state index in [2.05, 4.69) is 10.4 Å². The third-order valence-corrected chi connectivity index (χ3v) is 3.80. The van der Waals surface area contributed by atoms with E-state index < -0.39 is 23.8 Å². The molecule has 1 heterocycles. The fourth-order valence-electron chi connectivity index (χ4n) is 2.11. The van der Waals surface area contributed by atoms with Crippen LogP contribution in [0.4, 0.5) is 10.1 Å². The van der Waals surface area contributed by atoms with Gasteiger partial charge in [0.25, 0.3) is 5.91 Å². The van der Waals surface area contributed by atoms with Gasteiger partial charge in [-0.1, -0.05) is 11.6 Å². The second kappa shape index (κ2) is 7.00. The first-order valence-electron chi connectivity index (χ1n) is 7.17. The van der Waals surface area contributed by atoms with E-state index in [1.807, 2.05) is 0 Å². The standard InChI is InChI=1S/C16H17ClFN3O3/c1-8-14(9(2)21(4)20-8)19-15(22)10(3)24-16(23)12-6-5-11(17)7-13(12)18/h5-7,10H,1-4H3,(H,19,22)/t10-/m0/s1. The van der Waals surface area contributed by atoms with E-state index >= 15 is 0 Å². The van der Waals surface area contributed by atoms with Gasteiger partial charge in [-0.25, -0.2) is 9.18 Å². The van der Waals surface area contributed by atoms with Crippen molar-refractivity contribution in [3.05, 3.63) is 46.0 Å². The quantitative estimate of drug-likeness (QED) is 0.857. The van der Waals surface area contributed by atoms with Crippen LogP contribution in [0, 0.1) is 19.7 Å². The summed E-state index contributed by atoms with van der Waals surface area (Å²) in [6.07, 6.45) is -1.11. The van der Waals surface area contributed by atoms with Crippen LogP contribution < -0.4 is 5.32 Å². The molecule has 1 aromatic carbocycles. The largest absolute Gasteiger partial charge is 0.449 e. The minimum absolute atomic E-state index is 0.164. The molecule has 0 fully saturated rings. The Morgan fingerprint density at radius 2 is 2.04 bits per heavy atom. The van der Waals surface area contributed by atoms with Gasteiger partial charge in [0.1, 0.15) is 5.82 Å². The predicted octanol–water partition coefficient (Wildman–Crippen LogP) is 3.01. The van der Waals surface area contributed by atoms with Crippen LogP contribution in [0.2, 0.25) is 5.02 Å². The molecule has 0 saturated carbocycles. The van der Waals surface area contributed by atoms with Crippen molar-refractivity contribution in [3.63, 3.8) is 0 Å². The van der Waals surface area contributed by atoms with Crippen LogP contribution in [0.3, 0.4) is 0 Å². The number of halogens is 2. The Bertz CT molecular complexity index is 804. The van der Waals surface area contributed by atoms with Crippen LogP contribution in [-0.2, 0) is 16.6 Å². The normalized spacial score (nSPS) is 11.9. The highest BCUT2D eigenvalue weighted by Crippen LogP contribution is 2.19. The molecule has 0 unspecified atom stereocenters. The fraction of sp³-hybridized carbons (Fsp3) is 0.312. The molecule has 0 spiro atoms. The molecule has 1 aromatic heterocycles. The van der Waals surface area contributed by atoms with Crippen LogP contribution in [-0.4, -0.2) is 27.8 Å². The van der Waals surface area contributed by atoms with Gasteiger partial charge in [-0.15, -0.1) is 0 Å². The fourth-order valence-corrected chi connectivity index (χ4v) is 2.27. The van der Waals surface area contributed by atoms with E-state index in [4.69, 9.17) is 16.3 Å². The van der Waals surface area contributed by atoms with Crippen LogP contribution in [0.15, 0.2) is 18.2 Å². The van der Waals surface area contributed by atoms with Crippen molar-refractivity contribution in [3.8, 4) is 0 Å². The molecule has 2 aromatic rings. The van der Waals surface area contributed by atoms with Crippen LogP contribution in [0.1, 0.15) is 28.7 Å². The lowest BCUT2D eigenvalue weighted by Gasteiger charge is -2.14. The minimum Gasteiger partial charge on any atom is -0.449 e. The zero-order valence-electron chi connectivity index (χ0n) is 13.7. The van der Waals surface area contributed by atoms with Crippen molar-refractivity contribution >= 4 is 29.2 Å². The van der Waals surface area contributed by atoms with Gasteiger partial charge >= 0.3 is 5.97 Å². The third kappa shape index (κ3) is 3.73. The van der Waals surface area contributed by atoms with Gasteiger partial charge in [0, 0.05) is 12.1 Å². The first-order valence-corrected chi connectivity index (χ1v) is 7.55. The van der Waals surface area contributed by atoms with Crippen LogP contribution in [0.5, 0.6) is 0 Å². The maximum Gasteiger partial charge on any atom is 0.341 e. The maximum absolute atomic E-state index is 13.7. The highest BCUT2D eigenvalue weighted by Gasteiger charge is 2.23. The Morgan fingerprint density at radius 3 is 2.58 bits per heavy atom. The molecule has 0 bridgehead atoms. The highest BCUT2D eigenvalue weighted by atomic mass is 35.5. The summed E-state index contributed by atoms with van der Waals surface area (Å²) >= 11 is 5.64. The van der Waals surface area contributed by atoms with E-state index in [1.165, 1.54) is 19.1 Å². The maximum atomic E-state index is 13.7. The van der Waals surface area contributed by atoms with E-state index in [0.29, 0.717) is 11.4 Å². The SMILES string of the molecule is Cc1nn(C)c(C)c1NC(=O)[C@H](C)OC(=O)c1ccc(Cl)cc1F. The number of aromatic nitrogens is 2. The molecule has 1 atom stereocenters. The Hall–Kier alpha value is -2.41.